The second-order valence-electron chi connectivity index (χ2n) is 8.86. The first-order valence-electron chi connectivity index (χ1n) is 11.1. The second kappa shape index (κ2) is 9.25. The van der Waals surface area contributed by atoms with Crippen LogP contribution in [-0.2, 0) is 10.2 Å². The van der Waals surface area contributed by atoms with Crippen LogP contribution in [0.5, 0.6) is 5.75 Å². The summed E-state index contributed by atoms with van der Waals surface area (Å²) in [6.07, 6.45) is 4.54. The Morgan fingerprint density at radius 1 is 1.29 bits per heavy atom. The minimum Gasteiger partial charge on any atom is -0.508 e. The highest BCUT2D eigenvalue weighted by Crippen LogP contribution is 2.50. The molecule has 2 aliphatic rings. The standard InChI is InChI=1S/C26H32N2O3/c1-3-13-28-14-12-26(20-10-7-11-22(29)15-20)17-21(16-24(31-2)23(26)18-28)27-25(30)19-8-5-4-6-9-19/h3-11,15,21,23-24,29H,1,12-14,16-18H2,2H3,(H,27,30)/t21-,23-,24?,26-/m0/s1. The lowest BCUT2D eigenvalue weighted by Crippen LogP contribution is -2.61. The smallest absolute Gasteiger partial charge is 0.251 e. The van der Waals surface area contributed by atoms with Gasteiger partial charge in [0.2, 0.25) is 0 Å². The average molecular weight is 421 g/mol. The van der Waals surface area contributed by atoms with E-state index in [1.165, 1.54) is 0 Å². The van der Waals surface area contributed by atoms with Crippen molar-refractivity contribution in [3.8, 4) is 5.75 Å². The van der Waals surface area contributed by atoms with Gasteiger partial charge >= 0.3 is 0 Å². The van der Waals surface area contributed by atoms with Crippen LogP contribution in [0.1, 0.15) is 35.2 Å². The summed E-state index contributed by atoms with van der Waals surface area (Å²) in [6.45, 7) is 6.63. The summed E-state index contributed by atoms with van der Waals surface area (Å²) in [5.74, 6) is 0.510. The first-order chi connectivity index (χ1) is 15.1. The highest BCUT2D eigenvalue weighted by Gasteiger charge is 2.52. The number of amides is 1. The third-order valence-electron chi connectivity index (χ3n) is 7.10. The van der Waals surface area contributed by atoms with Crippen molar-refractivity contribution >= 4 is 5.91 Å². The predicted molar refractivity (Wildman–Crippen MR) is 122 cm³/mol. The van der Waals surface area contributed by atoms with E-state index < -0.39 is 0 Å². The van der Waals surface area contributed by atoms with Gasteiger partial charge in [0, 0.05) is 43.1 Å². The Labute approximate surface area is 184 Å². The molecule has 5 nitrogen and oxygen atoms in total. The summed E-state index contributed by atoms with van der Waals surface area (Å²) < 4.78 is 6.02. The molecule has 2 fully saturated rings. The summed E-state index contributed by atoms with van der Waals surface area (Å²) in [4.78, 5) is 15.3. The lowest BCUT2D eigenvalue weighted by Gasteiger charge is -2.55. The molecule has 31 heavy (non-hydrogen) atoms. The van der Waals surface area contributed by atoms with Crippen molar-refractivity contribution in [2.24, 2.45) is 5.92 Å². The zero-order chi connectivity index (χ0) is 21.8. The molecule has 1 unspecified atom stereocenters. The number of methoxy groups -OCH3 is 1. The van der Waals surface area contributed by atoms with Gasteiger partial charge < -0.3 is 15.2 Å². The molecule has 164 valence electrons. The number of nitrogens with one attached hydrogen (secondary N) is 1. The molecule has 0 spiro atoms. The molecule has 4 rings (SSSR count). The molecule has 1 amide bonds. The maximum Gasteiger partial charge on any atom is 0.251 e. The lowest BCUT2D eigenvalue weighted by molar-refractivity contribution is -0.0653. The minimum atomic E-state index is -0.163. The number of ether oxygens (including phenoxy) is 1. The molecule has 0 bridgehead atoms. The molecular formula is C26H32N2O3. The maximum atomic E-state index is 12.9. The summed E-state index contributed by atoms with van der Waals surface area (Å²) in [6, 6.07) is 17.0. The number of hydrogen-bond donors (Lipinski definition) is 2. The Balaban J connectivity index is 1.66. The third kappa shape index (κ3) is 4.39. The van der Waals surface area contributed by atoms with E-state index in [9.17, 15) is 9.90 Å². The Morgan fingerprint density at radius 3 is 2.81 bits per heavy atom. The number of rotatable bonds is 6. The number of nitrogens with zero attached hydrogens (tertiary/aromatic N) is 1. The second-order valence-corrected chi connectivity index (χ2v) is 8.86. The van der Waals surface area contributed by atoms with Gasteiger partial charge in [-0.3, -0.25) is 9.69 Å². The number of phenols is 1. The minimum absolute atomic E-state index is 0.00205. The molecule has 1 heterocycles. The van der Waals surface area contributed by atoms with Crippen LogP contribution in [0.2, 0.25) is 0 Å². The molecule has 2 aromatic carbocycles. The van der Waals surface area contributed by atoms with Crippen LogP contribution in [-0.4, -0.2) is 54.8 Å². The van der Waals surface area contributed by atoms with Crippen molar-refractivity contribution in [1.82, 2.24) is 10.2 Å². The van der Waals surface area contributed by atoms with Gasteiger partial charge in [0.15, 0.2) is 0 Å². The molecule has 1 saturated carbocycles. The summed E-state index contributed by atoms with van der Waals surface area (Å²) in [5.41, 5.74) is 1.64. The van der Waals surface area contributed by atoms with Gasteiger partial charge in [-0.1, -0.05) is 36.4 Å². The van der Waals surface area contributed by atoms with E-state index in [1.807, 2.05) is 48.5 Å². The predicted octanol–water partition coefficient (Wildman–Crippen LogP) is 3.75. The quantitative estimate of drug-likeness (QED) is 0.699. The number of carbonyl (C=O) groups excluding carboxylic acids is 1. The average Bonchev–Trinajstić information content (AvgIpc) is 2.79. The number of piperidine rings is 1. The van der Waals surface area contributed by atoms with Gasteiger partial charge in [-0.2, -0.15) is 0 Å². The van der Waals surface area contributed by atoms with Gasteiger partial charge in [-0.25, -0.2) is 0 Å². The van der Waals surface area contributed by atoms with Crippen molar-refractivity contribution in [2.45, 2.75) is 36.8 Å². The van der Waals surface area contributed by atoms with Gasteiger partial charge in [0.1, 0.15) is 5.75 Å². The fraction of sp³-hybridized carbons (Fsp3) is 0.423. The molecule has 5 heteroatoms. The molecular weight excluding hydrogens is 388 g/mol. The van der Waals surface area contributed by atoms with Gasteiger partial charge in [-0.05, 0) is 55.6 Å². The lowest BCUT2D eigenvalue weighted by atomic mass is 9.57. The van der Waals surface area contributed by atoms with Crippen molar-refractivity contribution in [3.05, 3.63) is 78.4 Å². The molecule has 2 aromatic rings. The van der Waals surface area contributed by atoms with E-state index in [-0.39, 0.29) is 35.1 Å². The van der Waals surface area contributed by atoms with Crippen LogP contribution >= 0.6 is 0 Å². The third-order valence-corrected chi connectivity index (χ3v) is 7.10. The molecule has 0 aromatic heterocycles. The van der Waals surface area contributed by atoms with E-state index in [2.05, 4.69) is 22.9 Å². The summed E-state index contributed by atoms with van der Waals surface area (Å²) >= 11 is 0. The Bertz CT molecular complexity index is 916. The Kier molecular flexibility index (Phi) is 6.44. The Hall–Kier alpha value is -2.63. The number of phenolic OH excluding ortho intramolecular Hbond substituents is 1. The number of fused-ring (bicyclic) bond motifs is 1. The SMILES string of the molecule is C=CCN1CC[C@@]2(c3cccc(O)c3)C[C@@H](NC(=O)c3ccccc3)CC(OC)[C@@H]2C1. The molecule has 1 aliphatic carbocycles. The van der Waals surface area contributed by atoms with E-state index in [0.717, 1.165) is 44.5 Å². The van der Waals surface area contributed by atoms with Crippen LogP contribution in [0, 0.1) is 5.92 Å². The summed E-state index contributed by atoms with van der Waals surface area (Å²) in [7, 11) is 1.77. The fourth-order valence-electron chi connectivity index (χ4n) is 5.65. The number of likely N-dealkylation sites (tertiary alicyclic amines) is 1. The fourth-order valence-corrected chi connectivity index (χ4v) is 5.65. The maximum absolute atomic E-state index is 12.9. The highest BCUT2D eigenvalue weighted by atomic mass is 16.5. The van der Waals surface area contributed by atoms with Crippen molar-refractivity contribution in [1.29, 1.82) is 0 Å². The van der Waals surface area contributed by atoms with Crippen molar-refractivity contribution in [2.75, 3.05) is 26.7 Å². The van der Waals surface area contributed by atoms with E-state index in [4.69, 9.17) is 4.74 Å². The monoisotopic (exact) mass is 420 g/mol. The largest absolute Gasteiger partial charge is 0.508 e. The topological polar surface area (TPSA) is 61.8 Å². The number of benzene rings is 2. The number of carbonyl (C=O) groups is 1. The number of hydrogen-bond acceptors (Lipinski definition) is 4. The van der Waals surface area contributed by atoms with Gasteiger partial charge in [0.25, 0.3) is 5.91 Å². The number of aromatic hydroxyl groups is 1. The first kappa shape index (κ1) is 21.6. The van der Waals surface area contributed by atoms with E-state index in [0.29, 0.717) is 5.56 Å². The first-order valence-corrected chi connectivity index (χ1v) is 11.1. The molecule has 1 saturated heterocycles. The van der Waals surface area contributed by atoms with E-state index in [1.54, 1.807) is 13.2 Å². The van der Waals surface area contributed by atoms with E-state index >= 15 is 0 Å². The van der Waals surface area contributed by atoms with Crippen LogP contribution in [0.3, 0.4) is 0 Å². The highest BCUT2D eigenvalue weighted by molar-refractivity contribution is 5.94. The van der Waals surface area contributed by atoms with Crippen LogP contribution < -0.4 is 5.32 Å². The van der Waals surface area contributed by atoms with Gasteiger partial charge in [0.05, 0.1) is 6.10 Å². The van der Waals surface area contributed by atoms with Crippen LogP contribution in [0.15, 0.2) is 67.3 Å². The molecule has 4 atom stereocenters. The van der Waals surface area contributed by atoms with Crippen LogP contribution in [0.25, 0.3) is 0 Å². The molecule has 0 radical (unpaired) electrons. The molecule has 1 aliphatic heterocycles. The van der Waals surface area contributed by atoms with Crippen molar-refractivity contribution in [3.63, 3.8) is 0 Å². The summed E-state index contributed by atoms with van der Waals surface area (Å²) in [5, 5.41) is 13.5. The normalized spacial score (nSPS) is 28.5. The van der Waals surface area contributed by atoms with Gasteiger partial charge in [-0.15, -0.1) is 6.58 Å². The van der Waals surface area contributed by atoms with Crippen molar-refractivity contribution < 1.29 is 14.6 Å². The van der Waals surface area contributed by atoms with Crippen LogP contribution in [0.4, 0.5) is 0 Å². The zero-order valence-corrected chi connectivity index (χ0v) is 18.2. The zero-order valence-electron chi connectivity index (χ0n) is 18.2. The molecule has 2 N–H and O–H groups in total. The Morgan fingerprint density at radius 2 is 2.10 bits per heavy atom.